The smallest absolute Gasteiger partial charge is 0.201 e. The molecule has 4 heteroatoms. The van der Waals surface area contributed by atoms with Crippen LogP contribution in [0.4, 0.5) is 13.2 Å². The van der Waals surface area contributed by atoms with Crippen LogP contribution in [-0.2, 0) is 6.42 Å². The molecular weight excluding hydrogens is 385 g/mol. The van der Waals surface area contributed by atoms with Crippen molar-refractivity contribution < 1.29 is 17.9 Å². The van der Waals surface area contributed by atoms with Gasteiger partial charge in [-0.05, 0) is 73.6 Å². The number of halogens is 3. The van der Waals surface area contributed by atoms with Crippen LogP contribution in [0.25, 0.3) is 17.2 Å². The van der Waals surface area contributed by atoms with Crippen molar-refractivity contribution in [2.24, 2.45) is 11.8 Å². The zero-order valence-corrected chi connectivity index (χ0v) is 17.7. The molecule has 0 spiro atoms. The van der Waals surface area contributed by atoms with Crippen molar-refractivity contribution in [2.45, 2.75) is 58.3 Å². The Hall–Kier alpha value is -2.23. The molecule has 1 nitrogen and oxygen atoms in total. The number of methoxy groups -OCH3 is 1. The molecule has 0 atom stereocenters. The third-order valence-electron chi connectivity index (χ3n) is 6.91. The molecule has 2 aromatic rings. The maximum absolute atomic E-state index is 15.3. The standard InChI is InChI=1S/C26H29F3O/c1-3-4-16-5-7-17(8-6-16)18-9-11-20-19(15-18)10-12-21(24(20)27)22-13-14-23(30-2)26(29)25(22)28/h10,12-17H,3-9,11H2,1-2H3. The molecule has 4 rings (SSSR count). The summed E-state index contributed by atoms with van der Waals surface area (Å²) in [7, 11) is 1.27. The molecule has 0 saturated heterocycles. The van der Waals surface area contributed by atoms with Crippen LogP contribution in [0.2, 0.25) is 0 Å². The Labute approximate surface area is 177 Å². The van der Waals surface area contributed by atoms with Gasteiger partial charge in [0.25, 0.3) is 0 Å². The Morgan fingerprint density at radius 2 is 1.57 bits per heavy atom. The molecule has 0 aliphatic heterocycles. The van der Waals surface area contributed by atoms with E-state index < -0.39 is 17.5 Å². The Morgan fingerprint density at radius 3 is 2.27 bits per heavy atom. The van der Waals surface area contributed by atoms with Crippen molar-refractivity contribution in [1.29, 1.82) is 0 Å². The third-order valence-corrected chi connectivity index (χ3v) is 6.91. The second kappa shape index (κ2) is 8.87. The monoisotopic (exact) mass is 414 g/mol. The van der Waals surface area contributed by atoms with E-state index in [9.17, 15) is 8.78 Å². The Balaban J connectivity index is 1.60. The Morgan fingerprint density at radius 1 is 0.867 bits per heavy atom. The zero-order chi connectivity index (χ0) is 21.3. The van der Waals surface area contributed by atoms with E-state index in [1.165, 1.54) is 63.3 Å². The van der Waals surface area contributed by atoms with E-state index in [-0.39, 0.29) is 16.9 Å². The summed E-state index contributed by atoms with van der Waals surface area (Å²) in [5.41, 5.74) is 2.93. The fourth-order valence-electron chi connectivity index (χ4n) is 5.22. The quantitative estimate of drug-likeness (QED) is 0.487. The minimum absolute atomic E-state index is 0.0716. The van der Waals surface area contributed by atoms with Crippen LogP contribution in [-0.4, -0.2) is 7.11 Å². The van der Waals surface area contributed by atoms with Gasteiger partial charge >= 0.3 is 0 Å². The number of hydrogen-bond donors (Lipinski definition) is 0. The molecule has 30 heavy (non-hydrogen) atoms. The van der Waals surface area contributed by atoms with Gasteiger partial charge in [-0.15, -0.1) is 0 Å². The normalized spacial score (nSPS) is 21.2. The zero-order valence-electron chi connectivity index (χ0n) is 17.7. The number of allylic oxidation sites excluding steroid dienone is 1. The minimum atomic E-state index is -1.09. The molecule has 2 aromatic carbocycles. The summed E-state index contributed by atoms with van der Waals surface area (Å²) >= 11 is 0. The average molecular weight is 415 g/mol. The van der Waals surface area contributed by atoms with Crippen LogP contribution >= 0.6 is 0 Å². The largest absolute Gasteiger partial charge is 0.494 e. The summed E-state index contributed by atoms with van der Waals surface area (Å²) in [6.45, 7) is 2.25. The minimum Gasteiger partial charge on any atom is -0.494 e. The summed E-state index contributed by atoms with van der Waals surface area (Å²) in [6.07, 6.45) is 11.2. The van der Waals surface area contributed by atoms with Crippen LogP contribution in [0.1, 0.15) is 63.0 Å². The molecular formula is C26H29F3O. The molecule has 0 N–H and O–H groups in total. The molecule has 0 radical (unpaired) electrons. The van der Waals surface area contributed by atoms with Gasteiger partial charge in [-0.2, -0.15) is 4.39 Å². The number of fused-ring (bicyclic) bond motifs is 1. The number of rotatable bonds is 5. The lowest BCUT2D eigenvalue weighted by molar-refractivity contribution is 0.283. The van der Waals surface area contributed by atoms with Gasteiger partial charge in [-0.25, -0.2) is 8.78 Å². The van der Waals surface area contributed by atoms with Gasteiger partial charge in [-0.1, -0.05) is 43.5 Å². The summed E-state index contributed by atoms with van der Waals surface area (Å²) in [4.78, 5) is 0. The van der Waals surface area contributed by atoms with Crippen molar-refractivity contribution in [3.05, 3.63) is 58.4 Å². The first-order chi connectivity index (χ1) is 14.5. The molecule has 2 aliphatic carbocycles. The Bertz CT molecular complexity index is 955. The predicted octanol–water partition coefficient (Wildman–Crippen LogP) is 7.72. The molecule has 0 heterocycles. The van der Waals surface area contributed by atoms with Gasteiger partial charge in [0.15, 0.2) is 11.6 Å². The molecule has 0 bridgehead atoms. The first kappa shape index (κ1) is 21.0. The van der Waals surface area contributed by atoms with Crippen molar-refractivity contribution in [1.82, 2.24) is 0 Å². The predicted molar refractivity (Wildman–Crippen MR) is 115 cm³/mol. The van der Waals surface area contributed by atoms with Gasteiger partial charge in [0.1, 0.15) is 5.82 Å². The van der Waals surface area contributed by atoms with Crippen molar-refractivity contribution in [2.75, 3.05) is 7.11 Å². The van der Waals surface area contributed by atoms with Crippen molar-refractivity contribution >= 4 is 6.08 Å². The van der Waals surface area contributed by atoms with Gasteiger partial charge in [0.05, 0.1) is 7.11 Å². The van der Waals surface area contributed by atoms with Crippen molar-refractivity contribution in [3.8, 4) is 16.9 Å². The lowest BCUT2D eigenvalue weighted by atomic mass is 9.74. The summed E-state index contributed by atoms with van der Waals surface area (Å²) < 4.78 is 48.7. The highest BCUT2D eigenvalue weighted by molar-refractivity contribution is 5.71. The molecule has 0 amide bonds. The molecule has 1 fully saturated rings. The lowest BCUT2D eigenvalue weighted by Crippen LogP contribution is -2.18. The summed E-state index contributed by atoms with van der Waals surface area (Å²) in [6, 6.07) is 6.12. The maximum Gasteiger partial charge on any atom is 0.201 e. The molecule has 0 unspecified atom stereocenters. The van der Waals surface area contributed by atoms with E-state index >= 15 is 4.39 Å². The molecule has 1 saturated carbocycles. The molecule has 160 valence electrons. The topological polar surface area (TPSA) is 9.23 Å². The number of ether oxygens (including phenoxy) is 1. The van der Waals surface area contributed by atoms with Gasteiger partial charge in [-0.3, -0.25) is 0 Å². The number of hydrogen-bond acceptors (Lipinski definition) is 1. The van der Waals surface area contributed by atoms with Crippen LogP contribution in [0.15, 0.2) is 29.8 Å². The van der Waals surface area contributed by atoms with Gasteiger partial charge in [0, 0.05) is 11.1 Å². The van der Waals surface area contributed by atoms with Crippen LogP contribution in [0, 0.1) is 29.3 Å². The molecule has 0 aromatic heterocycles. The van der Waals surface area contributed by atoms with E-state index in [0.717, 1.165) is 17.9 Å². The third kappa shape index (κ3) is 3.89. The van der Waals surface area contributed by atoms with Crippen LogP contribution in [0.5, 0.6) is 5.75 Å². The highest BCUT2D eigenvalue weighted by Crippen LogP contribution is 2.41. The van der Waals surface area contributed by atoms with E-state index in [2.05, 4.69) is 13.0 Å². The highest BCUT2D eigenvalue weighted by atomic mass is 19.2. The maximum atomic E-state index is 15.3. The second-order valence-electron chi connectivity index (χ2n) is 8.66. The van der Waals surface area contributed by atoms with E-state index in [4.69, 9.17) is 4.74 Å². The van der Waals surface area contributed by atoms with Gasteiger partial charge in [0.2, 0.25) is 5.82 Å². The van der Waals surface area contributed by atoms with E-state index in [1.54, 1.807) is 6.07 Å². The second-order valence-corrected chi connectivity index (χ2v) is 8.66. The number of benzene rings is 2. The van der Waals surface area contributed by atoms with Gasteiger partial charge < -0.3 is 4.74 Å². The molecule has 2 aliphatic rings. The first-order valence-electron chi connectivity index (χ1n) is 11.1. The van der Waals surface area contributed by atoms with Crippen LogP contribution in [0.3, 0.4) is 0 Å². The summed E-state index contributed by atoms with van der Waals surface area (Å²) in [5.74, 6) is -1.34. The van der Waals surface area contributed by atoms with Crippen molar-refractivity contribution in [3.63, 3.8) is 0 Å². The SMILES string of the molecule is CCCC1CCC(C2=Cc3ccc(-c4ccc(OC)c(F)c4F)c(F)c3CC2)CC1. The van der Waals surface area contributed by atoms with E-state index in [1.807, 2.05) is 6.07 Å². The first-order valence-corrected chi connectivity index (χ1v) is 11.1. The Kier molecular flexibility index (Phi) is 6.21. The highest BCUT2D eigenvalue weighted by Gasteiger charge is 2.27. The average Bonchev–Trinajstić information content (AvgIpc) is 2.77. The van der Waals surface area contributed by atoms with E-state index in [0.29, 0.717) is 17.9 Å². The fourth-order valence-corrected chi connectivity index (χ4v) is 5.22. The lowest BCUT2D eigenvalue weighted by Gasteiger charge is -2.32. The van der Waals surface area contributed by atoms with Crippen LogP contribution < -0.4 is 4.74 Å². The summed E-state index contributed by atoms with van der Waals surface area (Å²) in [5, 5.41) is 0. The fraction of sp³-hybridized carbons (Fsp3) is 0.462.